The summed E-state index contributed by atoms with van der Waals surface area (Å²) in [6.45, 7) is 6.71. The summed E-state index contributed by atoms with van der Waals surface area (Å²) < 4.78 is 0. The van der Waals surface area contributed by atoms with Gasteiger partial charge in [0, 0.05) is 37.1 Å². The van der Waals surface area contributed by atoms with Crippen LogP contribution in [0.5, 0.6) is 0 Å². The second-order valence-electron chi connectivity index (χ2n) is 7.06. The monoisotopic (exact) mass is 382 g/mol. The number of aromatic nitrogens is 2. The van der Waals surface area contributed by atoms with Crippen molar-refractivity contribution in [3.05, 3.63) is 76.6 Å². The van der Waals surface area contributed by atoms with Crippen molar-refractivity contribution in [1.29, 1.82) is 0 Å². The van der Waals surface area contributed by atoms with Crippen LogP contribution in [0.2, 0.25) is 0 Å². The number of fused-ring (bicyclic) bond motifs is 2. The Morgan fingerprint density at radius 1 is 0.966 bits per heavy atom. The van der Waals surface area contributed by atoms with Gasteiger partial charge >= 0.3 is 0 Å². The van der Waals surface area contributed by atoms with Gasteiger partial charge in [-0.05, 0) is 50.1 Å². The number of amides is 1. The van der Waals surface area contributed by atoms with Crippen molar-refractivity contribution < 1.29 is 4.79 Å². The molecule has 1 aliphatic rings. The minimum atomic E-state index is -0.108. The van der Waals surface area contributed by atoms with Crippen LogP contribution in [0.1, 0.15) is 39.5 Å². The molecule has 5 nitrogen and oxygen atoms in total. The van der Waals surface area contributed by atoms with Gasteiger partial charge in [0.05, 0.1) is 11.3 Å². The number of hydrogen-bond donors (Lipinski definition) is 0. The minimum absolute atomic E-state index is 0.108. The van der Waals surface area contributed by atoms with Crippen LogP contribution >= 0.6 is 0 Å². The van der Waals surface area contributed by atoms with Gasteiger partial charge in [0.1, 0.15) is 5.82 Å². The summed E-state index contributed by atoms with van der Waals surface area (Å²) in [6, 6.07) is 11.6. The van der Waals surface area contributed by atoms with Gasteiger partial charge in [-0.2, -0.15) is 0 Å². The zero-order valence-electron chi connectivity index (χ0n) is 17.0. The summed E-state index contributed by atoms with van der Waals surface area (Å²) in [6.07, 6.45) is 3.57. The van der Waals surface area contributed by atoms with Crippen LogP contribution < -0.4 is 9.80 Å². The number of carbonyl (C=O) groups is 1. The zero-order chi connectivity index (χ0) is 20.5. The first kappa shape index (κ1) is 18.7. The van der Waals surface area contributed by atoms with Gasteiger partial charge in [0.15, 0.2) is 5.82 Å². The molecule has 0 aliphatic carbocycles. The lowest BCUT2D eigenvalue weighted by molar-refractivity contribution is 0.0994. The van der Waals surface area contributed by atoms with Crippen LogP contribution in [0.15, 0.2) is 48.8 Å². The highest BCUT2D eigenvalue weighted by Crippen LogP contribution is 2.40. The molecule has 1 amide bonds. The Morgan fingerprint density at radius 2 is 1.66 bits per heavy atom. The Labute approximate surface area is 171 Å². The SMILES string of the molecule is CCN1c2ncc(C#Cc3ccccc3)cc2C(=O)N(C)c2c1ncc(C)c2C. The molecule has 0 radical (unpaired) electrons. The second kappa shape index (κ2) is 7.40. The molecule has 3 heterocycles. The van der Waals surface area contributed by atoms with E-state index in [2.05, 4.69) is 21.8 Å². The lowest BCUT2D eigenvalue weighted by Gasteiger charge is -2.24. The Hall–Kier alpha value is -3.65. The van der Waals surface area contributed by atoms with Crippen LogP contribution in [0, 0.1) is 25.7 Å². The third-order valence-electron chi connectivity index (χ3n) is 5.23. The summed E-state index contributed by atoms with van der Waals surface area (Å²) in [7, 11) is 1.79. The van der Waals surface area contributed by atoms with E-state index < -0.39 is 0 Å². The molecular weight excluding hydrogens is 360 g/mol. The van der Waals surface area contributed by atoms with Gasteiger partial charge in [-0.1, -0.05) is 30.0 Å². The summed E-state index contributed by atoms with van der Waals surface area (Å²) in [5.41, 5.74) is 5.08. The van der Waals surface area contributed by atoms with E-state index in [1.54, 1.807) is 18.1 Å². The van der Waals surface area contributed by atoms with Gasteiger partial charge < -0.3 is 9.80 Å². The minimum Gasteiger partial charge on any atom is -0.309 e. The highest BCUT2D eigenvalue weighted by Gasteiger charge is 2.32. The fourth-order valence-electron chi connectivity index (χ4n) is 3.52. The van der Waals surface area contributed by atoms with Gasteiger partial charge in [-0.15, -0.1) is 0 Å². The Morgan fingerprint density at radius 3 is 2.38 bits per heavy atom. The first-order valence-corrected chi connectivity index (χ1v) is 9.60. The van der Waals surface area contributed by atoms with Crippen LogP contribution in [-0.4, -0.2) is 29.5 Å². The number of benzene rings is 1. The topological polar surface area (TPSA) is 49.3 Å². The highest BCUT2D eigenvalue weighted by molar-refractivity contribution is 6.13. The lowest BCUT2D eigenvalue weighted by Crippen LogP contribution is -2.26. The number of carbonyl (C=O) groups excluding carboxylic acids is 1. The molecule has 3 aromatic rings. The van der Waals surface area contributed by atoms with Crippen molar-refractivity contribution in [1.82, 2.24) is 9.97 Å². The van der Waals surface area contributed by atoms with Crippen molar-refractivity contribution in [2.75, 3.05) is 23.4 Å². The molecule has 0 N–H and O–H groups in total. The quantitative estimate of drug-likeness (QED) is 0.591. The molecule has 0 saturated carbocycles. The van der Waals surface area contributed by atoms with E-state index in [0.29, 0.717) is 23.5 Å². The fourth-order valence-corrected chi connectivity index (χ4v) is 3.52. The largest absolute Gasteiger partial charge is 0.309 e. The average Bonchev–Trinajstić information content (AvgIpc) is 2.83. The number of rotatable bonds is 1. The van der Waals surface area contributed by atoms with Crippen molar-refractivity contribution in [2.45, 2.75) is 20.8 Å². The molecule has 144 valence electrons. The van der Waals surface area contributed by atoms with E-state index in [0.717, 1.165) is 28.2 Å². The van der Waals surface area contributed by atoms with Gasteiger partial charge in [0.25, 0.3) is 5.91 Å². The Balaban J connectivity index is 1.85. The number of pyridine rings is 2. The zero-order valence-corrected chi connectivity index (χ0v) is 17.0. The summed E-state index contributed by atoms with van der Waals surface area (Å²) in [4.78, 5) is 26.3. The Kier molecular flexibility index (Phi) is 4.77. The standard InChI is InChI=1S/C24H22N4O/c1-5-28-22-20(13-19(15-26-22)12-11-18-9-7-6-8-10-18)24(29)27(4)21-17(3)16(2)14-25-23(21)28/h6-10,13-15H,5H2,1-4H3. The smallest absolute Gasteiger partial charge is 0.261 e. The van der Waals surface area contributed by atoms with E-state index in [1.807, 2.05) is 68.3 Å². The molecular formula is C24H22N4O. The van der Waals surface area contributed by atoms with E-state index in [9.17, 15) is 4.79 Å². The first-order chi connectivity index (χ1) is 14.0. The second-order valence-corrected chi connectivity index (χ2v) is 7.06. The predicted molar refractivity (Wildman–Crippen MR) is 116 cm³/mol. The van der Waals surface area contributed by atoms with Crippen LogP contribution in [0.3, 0.4) is 0 Å². The molecule has 5 heteroatoms. The van der Waals surface area contributed by atoms with Crippen molar-refractivity contribution in [3.8, 4) is 11.8 Å². The molecule has 4 rings (SSSR count). The number of nitrogens with zero attached hydrogens (tertiary/aromatic N) is 4. The molecule has 0 bridgehead atoms. The molecule has 1 aromatic carbocycles. The van der Waals surface area contributed by atoms with E-state index in [4.69, 9.17) is 0 Å². The van der Waals surface area contributed by atoms with Gasteiger partial charge in [0.2, 0.25) is 0 Å². The summed E-state index contributed by atoms with van der Waals surface area (Å²) in [5.74, 6) is 7.51. The molecule has 0 saturated heterocycles. The maximum absolute atomic E-state index is 13.3. The molecule has 0 fully saturated rings. The Bertz CT molecular complexity index is 1160. The lowest BCUT2D eigenvalue weighted by atomic mass is 10.1. The molecule has 0 spiro atoms. The molecule has 0 atom stereocenters. The summed E-state index contributed by atoms with van der Waals surface area (Å²) in [5, 5.41) is 0. The summed E-state index contributed by atoms with van der Waals surface area (Å²) >= 11 is 0. The van der Waals surface area contributed by atoms with E-state index in [-0.39, 0.29) is 5.91 Å². The van der Waals surface area contributed by atoms with Gasteiger partial charge in [-0.3, -0.25) is 4.79 Å². The maximum Gasteiger partial charge on any atom is 0.261 e. The normalized spacial score (nSPS) is 12.6. The van der Waals surface area contributed by atoms with Crippen LogP contribution in [-0.2, 0) is 0 Å². The van der Waals surface area contributed by atoms with Crippen molar-refractivity contribution in [3.63, 3.8) is 0 Å². The molecule has 0 unspecified atom stereocenters. The maximum atomic E-state index is 13.3. The van der Waals surface area contributed by atoms with Crippen LogP contribution in [0.4, 0.5) is 17.3 Å². The van der Waals surface area contributed by atoms with Crippen molar-refractivity contribution in [2.24, 2.45) is 0 Å². The highest BCUT2D eigenvalue weighted by atomic mass is 16.2. The number of anilines is 3. The van der Waals surface area contributed by atoms with E-state index >= 15 is 0 Å². The third kappa shape index (κ3) is 3.23. The number of hydrogen-bond acceptors (Lipinski definition) is 4. The third-order valence-corrected chi connectivity index (χ3v) is 5.23. The first-order valence-electron chi connectivity index (χ1n) is 9.60. The number of aryl methyl sites for hydroxylation is 1. The predicted octanol–water partition coefficient (Wildman–Crippen LogP) is 4.24. The van der Waals surface area contributed by atoms with Crippen molar-refractivity contribution >= 4 is 23.2 Å². The average molecular weight is 382 g/mol. The van der Waals surface area contributed by atoms with Crippen LogP contribution in [0.25, 0.3) is 0 Å². The molecule has 29 heavy (non-hydrogen) atoms. The van der Waals surface area contributed by atoms with Gasteiger partial charge in [-0.25, -0.2) is 9.97 Å². The fraction of sp³-hybridized carbons (Fsp3) is 0.208. The molecule has 1 aliphatic heterocycles. The molecule has 2 aromatic heterocycles. The van der Waals surface area contributed by atoms with E-state index in [1.165, 1.54) is 0 Å².